The van der Waals surface area contributed by atoms with E-state index in [4.69, 9.17) is 4.74 Å². The van der Waals surface area contributed by atoms with Crippen LogP contribution in [0.5, 0.6) is 0 Å². The van der Waals surface area contributed by atoms with Crippen molar-refractivity contribution in [1.29, 1.82) is 0 Å². The van der Waals surface area contributed by atoms with Crippen molar-refractivity contribution in [3.63, 3.8) is 0 Å². The molecule has 2 aliphatic rings. The Kier molecular flexibility index (Phi) is 4.44. The third kappa shape index (κ3) is 2.62. The molecule has 0 aromatic heterocycles. The molecule has 4 N–H and O–H groups in total. The molecule has 104 valence electrons. The standard InChI is InChI=1S/C10H17FN2O4S/c1-4(14)8-7(16)6(15)5-9(17-8)18-10(13-5)12-3-2-11/h4-9,14-16H,2-3H2,1H3,(H,12,13)/t4-,5-,6-,7+,8-,9-/m1/s1. The zero-order chi connectivity index (χ0) is 13.3. The van der Waals surface area contributed by atoms with Gasteiger partial charge in [-0.1, -0.05) is 11.8 Å². The van der Waals surface area contributed by atoms with Gasteiger partial charge in [0.2, 0.25) is 0 Å². The molecule has 2 fully saturated rings. The Morgan fingerprint density at radius 3 is 2.83 bits per heavy atom. The average Bonchev–Trinajstić information content (AvgIpc) is 2.74. The summed E-state index contributed by atoms with van der Waals surface area (Å²) in [5.74, 6) is 0. The van der Waals surface area contributed by atoms with Gasteiger partial charge in [0.15, 0.2) is 5.17 Å². The number of ether oxygens (including phenoxy) is 1. The highest BCUT2D eigenvalue weighted by Gasteiger charge is 2.50. The van der Waals surface area contributed by atoms with Crippen molar-refractivity contribution in [2.75, 3.05) is 13.2 Å². The van der Waals surface area contributed by atoms with E-state index in [0.29, 0.717) is 5.17 Å². The van der Waals surface area contributed by atoms with Crippen molar-refractivity contribution in [3.05, 3.63) is 0 Å². The van der Waals surface area contributed by atoms with E-state index < -0.39 is 42.6 Å². The van der Waals surface area contributed by atoms with Crippen molar-refractivity contribution < 1.29 is 24.4 Å². The van der Waals surface area contributed by atoms with E-state index in [2.05, 4.69) is 10.3 Å². The molecule has 6 nitrogen and oxygen atoms in total. The smallest absolute Gasteiger partial charge is 0.159 e. The van der Waals surface area contributed by atoms with Crippen LogP contribution in [0.3, 0.4) is 0 Å². The lowest BCUT2D eigenvalue weighted by Gasteiger charge is -2.40. The van der Waals surface area contributed by atoms with E-state index in [-0.39, 0.29) is 6.54 Å². The number of aliphatic hydroxyl groups excluding tert-OH is 3. The molecule has 0 aromatic carbocycles. The largest absolute Gasteiger partial charge is 0.391 e. The number of alkyl halides is 1. The molecular formula is C10H17FN2O4S. The molecule has 2 saturated heterocycles. The van der Waals surface area contributed by atoms with E-state index in [1.807, 2.05) is 0 Å². The number of aliphatic imine (C=N–C) groups is 1. The summed E-state index contributed by atoms with van der Waals surface area (Å²) in [6.07, 6.45) is -3.95. The van der Waals surface area contributed by atoms with Crippen molar-refractivity contribution >= 4 is 16.9 Å². The molecule has 0 aliphatic carbocycles. The average molecular weight is 280 g/mol. The summed E-state index contributed by atoms with van der Waals surface area (Å²) in [5, 5.41) is 32.7. The number of fused-ring (bicyclic) bond motifs is 1. The number of rotatable bonds is 3. The highest BCUT2D eigenvalue weighted by atomic mass is 32.2. The molecule has 0 radical (unpaired) electrons. The van der Waals surface area contributed by atoms with E-state index in [9.17, 15) is 19.7 Å². The van der Waals surface area contributed by atoms with E-state index in [1.165, 1.54) is 18.7 Å². The van der Waals surface area contributed by atoms with Crippen LogP contribution >= 0.6 is 11.8 Å². The van der Waals surface area contributed by atoms with Crippen LogP contribution in [0.15, 0.2) is 4.99 Å². The predicted molar refractivity (Wildman–Crippen MR) is 65.1 cm³/mol. The summed E-state index contributed by atoms with van der Waals surface area (Å²) in [4.78, 5) is 3.95. The van der Waals surface area contributed by atoms with Gasteiger partial charge in [-0.05, 0) is 6.92 Å². The lowest BCUT2D eigenvalue weighted by molar-refractivity contribution is -0.184. The molecule has 0 amide bonds. The second-order valence-corrected chi connectivity index (χ2v) is 5.44. The minimum atomic E-state index is -1.17. The third-order valence-electron chi connectivity index (χ3n) is 2.97. The molecule has 2 heterocycles. The Morgan fingerprint density at radius 1 is 1.50 bits per heavy atom. The van der Waals surface area contributed by atoms with Crippen molar-refractivity contribution in [3.8, 4) is 0 Å². The number of halogens is 1. The fourth-order valence-electron chi connectivity index (χ4n) is 2.05. The van der Waals surface area contributed by atoms with Crippen LogP contribution in [0, 0.1) is 0 Å². The van der Waals surface area contributed by atoms with Gasteiger partial charge in [-0.25, -0.2) is 4.39 Å². The normalized spacial score (nSPS) is 43.6. The molecule has 0 saturated carbocycles. The van der Waals surface area contributed by atoms with Crippen molar-refractivity contribution in [1.82, 2.24) is 5.32 Å². The molecular weight excluding hydrogens is 263 g/mol. The molecule has 18 heavy (non-hydrogen) atoms. The van der Waals surface area contributed by atoms with Gasteiger partial charge in [0.05, 0.1) is 18.7 Å². The zero-order valence-corrected chi connectivity index (χ0v) is 10.7. The highest BCUT2D eigenvalue weighted by Crippen LogP contribution is 2.34. The van der Waals surface area contributed by atoms with Gasteiger partial charge in [0.25, 0.3) is 0 Å². The Bertz CT molecular complexity index is 331. The quantitative estimate of drug-likeness (QED) is 0.521. The van der Waals surface area contributed by atoms with Crippen LogP contribution in [0.1, 0.15) is 6.92 Å². The van der Waals surface area contributed by atoms with Crippen LogP contribution in [-0.4, -0.2) is 69.6 Å². The van der Waals surface area contributed by atoms with E-state index >= 15 is 0 Å². The maximum Gasteiger partial charge on any atom is 0.159 e. The molecule has 2 rings (SSSR count). The zero-order valence-electron chi connectivity index (χ0n) is 9.86. The summed E-state index contributed by atoms with van der Waals surface area (Å²) in [6, 6.07) is -0.502. The number of amidine groups is 1. The molecule has 0 aromatic rings. The van der Waals surface area contributed by atoms with Crippen LogP contribution in [-0.2, 0) is 4.74 Å². The van der Waals surface area contributed by atoms with Gasteiger partial charge in [0.1, 0.15) is 30.4 Å². The van der Waals surface area contributed by atoms with Gasteiger partial charge in [0, 0.05) is 0 Å². The maximum atomic E-state index is 12.0. The molecule has 2 aliphatic heterocycles. The van der Waals surface area contributed by atoms with Crippen molar-refractivity contribution in [2.45, 2.75) is 42.8 Å². The van der Waals surface area contributed by atoms with Crippen molar-refractivity contribution in [2.24, 2.45) is 4.99 Å². The number of aliphatic hydroxyl groups is 3. The summed E-state index contributed by atoms with van der Waals surface area (Å²) in [5.41, 5.74) is -0.443. The summed E-state index contributed by atoms with van der Waals surface area (Å²) in [7, 11) is 0. The second-order valence-electron chi connectivity index (χ2n) is 4.35. The molecule has 6 atom stereocenters. The summed E-state index contributed by atoms with van der Waals surface area (Å²) >= 11 is 1.23. The van der Waals surface area contributed by atoms with Gasteiger partial charge >= 0.3 is 0 Å². The third-order valence-corrected chi connectivity index (χ3v) is 4.08. The molecule has 8 heteroatoms. The Hall–Kier alpha value is -0.410. The number of hydrogen-bond acceptors (Lipinski definition) is 6. The van der Waals surface area contributed by atoms with Crippen LogP contribution in [0.2, 0.25) is 0 Å². The maximum absolute atomic E-state index is 12.0. The lowest BCUT2D eigenvalue weighted by atomic mass is 9.95. The fraction of sp³-hybridized carbons (Fsp3) is 0.900. The first-order valence-corrected chi connectivity index (χ1v) is 6.66. The van der Waals surface area contributed by atoms with Crippen LogP contribution in [0.4, 0.5) is 4.39 Å². The number of nitrogens with one attached hydrogen (secondary N) is 1. The molecule has 0 spiro atoms. The van der Waals surface area contributed by atoms with Gasteiger partial charge < -0.3 is 25.4 Å². The molecule has 0 unspecified atom stereocenters. The van der Waals surface area contributed by atoms with Gasteiger partial charge in [-0.3, -0.25) is 4.99 Å². The Balaban J connectivity index is 2.07. The topological polar surface area (TPSA) is 94.3 Å². The van der Waals surface area contributed by atoms with Crippen LogP contribution in [0.25, 0.3) is 0 Å². The minimum Gasteiger partial charge on any atom is -0.391 e. The highest BCUT2D eigenvalue weighted by molar-refractivity contribution is 8.14. The first kappa shape index (κ1) is 14.0. The summed E-state index contributed by atoms with van der Waals surface area (Å²) in [6.45, 7) is 0.989. The SMILES string of the molecule is C[C@@H](O)[C@H]1O[C@@H]2SC(=NCCF)N[C@@H]2[C@@H](O)[C@@H]1O. The predicted octanol–water partition coefficient (Wildman–Crippen LogP) is -1.16. The Morgan fingerprint density at radius 2 is 2.22 bits per heavy atom. The van der Waals surface area contributed by atoms with Gasteiger partial charge in [-0.15, -0.1) is 0 Å². The summed E-state index contributed by atoms with van der Waals surface area (Å²) < 4.78 is 17.6. The second kappa shape index (κ2) is 5.70. The van der Waals surface area contributed by atoms with Crippen LogP contribution < -0.4 is 5.32 Å². The first-order valence-electron chi connectivity index (χ1n) is 5.78. The monoisotopic (exact) mass is 280 g/mol. The number of thioether (sulfide) groups is 1. The first-order chi connectivity index (χ1) is 8.54. The minimum absolute atomic E-state index is 0.0489. The lowest BCUT2D eigenvalue weighted by Crippen LogP contribution is -2.61. The Labute approximate surface area is 108 Å². The van der Waals surface area contributed by atoms with E-state index in [0.717, 1.165) is 0 Å². The number of hydrogen-bond donors (Lipinski definition) is 4. The molecule has 0 bridgehead atoms. The van der Waals surface area contributed by atoms with Gasteiger partial charge in [-0.2, -0.15) is 0 Å². The number of nitrogens with zero attached hydrogens (tertiary/aromatic N) is 1. The van der Waals surface area contributed by atoms with E-state index in [1.54, 1.807) is 0 Å². The fourth-order valence-corrected chi connectivity index (χ4v) is 3.20.